The summed E-state index contributed by atoms with van der Waals surface area (Å²) in [5.74, 6) is 0.584. The first-order valence-corrected chi connectivity index (χ1v) is 7.08. The molecule has 1 amide bonds. The lowest BCUT2D eigenvalue weighted by atomic mass is 9.97. The average Bonchev–Trinajstić information content (AvgIpc) is 2.40. The van der Waals surface area contributed by atoms with Crippen LogP contribution in [0.3, 0.4) is 0 Å². The van der Waals surface area contributed by atoms with E-state index in [-0.39, 0.29) is 5.91 Å². The Balaban J connectivity index is 1.87. The summed E-state index contributed by atoms with van der Waals surface area (Å²) < 4.78 is 0. The smallest absolute Gasteiger partial charge is 0.216 e. The standard InChI is InChI=1S/C14H20ClN3O/c1-11(19)17-7-12-3-2-6-18(9-12)10-13-8-16-5-4-14(13)15/h4-5,8,12H,2-3,6-7,9-10H2,1H3,(H,17,19)/t12-/m1/s1. The van der Waals surface area contributed by atoms with Gasteiger partial charge in [-0.3, -0.25) is 14.7 Å². The molecule has 19 heavy (non-hydrogen) atoms. The van der Waals surface area contributed by atoms with Gasteiger partial charge in [0.2, 0.25) is 5.91 Å². The van der Waals surface area contributed by atoms with Gasteiger partial charge >= 0.3 is 0 Å². The summed E-state index contributed by atoms with van der Waals surface area (Å²) >= 11 is 6.16. The molecule has 0 bridgehead atoms. The van der Waals surface area contributed by atoms with Gasteiger partial charge in [0.05, 0.1) is 0 Å². The van der Waals surface area contributed by atoms with Crippen LogP contribution in [0.2, 0.25) is 5.02 Å². The molecule has 104 valence electrons. The van der Waals surface area contributed by atoms with E-state index in [9.17, 15) is 4.79 Å². The zero-order valence-corrected chi connectivity index (χ0v) is 12.0. The molecule has 1 atom stereocenters. The van der Waals surface area contributed by atoms with Crippen molar-refractivity contribution in [2.45, 2.75) is 26.3 Å². The number of nitrogens with zero attached hydrogens (tertiary/aromatic N) is 2. The molecule has 2 rings (SSSR count). The zero-order chi connectivity index (χ0) is 13.7. The maximum absolute atomic E-state index is 11.0. The maximum atomic E-state index is 11.0. The number of hydrogen-bond acceptors (Lipinski definition) is 3. The van der Waals surface area contributed by atoms with Crippen LogP contribution in [0.1, 0.15) is 25.3 Å². The molecule has 1 aliphatic rings. The van der Waals surface area contributed by atoms with Crippen molar-refractivity contribution in [1.82, 2.24) is 15.2 Å². The highest BCUT2D eigenvalue weighted by molar-refractivity contribution is 6.31. The number of rotatable bonds is 4. The van der Waals surface area contributed by atoms with Crippen LogP contribution in [0.5, 0.6) is 0 Å². The van der Waals surface area contributed by atoms with Crippen molar-refractivity contribution in [3.05, 3.63) is 29.0 Å². The minimum Gasteiger partial charge on any atom is -0.356 e. The lowest BCUT2D eigenvalue weighted by Gasteiger charge is -2.32. The first-order chi connectivity index (χ1) is 9.15. The van der Waals surface area contributed by atoms with Crippen molar-refractivity contribution in [1.29, 1.82) is 0 Å². The van der Waals surface area contributed by atoms with Gasteiger partial charge in [-0.1, -0.05) is 11.6 Å². The lowest BCUT2D eigenvalue weighted by molar-refractivity contribution is -0.119. The van der Waals surface area contributed by atoms with Gasteiger partial charge in [0.1, 0.15) is 0 Å². The predicted octanol–water partition coefficient (Wildman–Crippen LogP) is 2.08. The quantitative estimate of drug-likeness (QED) is 0.919. The Morgan fingerprint density at radius 3 is 3.21 bits per heavy atom. The van der Waals surface area contributed by atoms with E-state index >= 15 is 0 Å². The second kappa shape index (κ2) is 6.87. The minimum absolute atomic E-state index is 0.0485. The fourth-order valence-corrected chi connectivity index (χ4v) is 2.68. The molecule has 1 aromatic heterocycles. The molecule has 0 aliphatic carbocycles. The van der Waals surface area contributed by atoms with Gasteiger partial charge in [0.25, 0.3) is 0 Å². The fraction of sp³-hybridized carbons (Fsp3) is 0.571. The van der Waals surface area contributed by atoms with Gasteiger partial charge in [-0.15, -0.1) is 0 Å². The van der Waals surface area contributed by atoms with Crippen molar-refractivity contribution in [3.63, 3.8) is 0 Å². The summed E-state index contributed by atoms with van der Waals surface area (Å²) in [7, 11) is 0. The van der Waals surface area contributed by atoms with Crippen LogP contribution < -0.4 is 5.32 Å². The Labute approximate surface area is 119 Å². The summed E-state index contributed by atoms with van der Waals surface area (Å²) in [6.45, 7) is 5.26. The average molecular weight is 282 g/mol. The highest BCUT2D eigenvalue weighted by Gasteiger charge is 2.20. The van der Waals surface area contributed by atoms with Crippen molar-refractivity contribution in [2.75, 3.05) is 19.6 Å². The first-order valence-electron chi connectivity index (χ1n) is 6.70. The second-order valence-corrected chi connectivity index (χ2v) is 5.55. The maximum Gasteiger partial charge on any atom is 0.216 e. The molecule has 5 heteroatoms. The number of hydrogen-bond donors (Lipinski definition) is 1. The van der Waals surface area contributed by atoms with Crippen LogP contribution in [0, 0.1) is 5.92 Å². The van der Waals surface area contributed by atoms with Gasteiger partial charge in [0, 0.05) is 49.5 Å². The number of likely N-dealkylation sites (tertiary alicyclic amines) is 1. The monoisotopic (exact) mass is 281 g/mol. The summed E-state index contributed by atoms with van der Waals surface area (Å²) in [6.07, 6.45) is 5.89. The second-order valence-electron chi connectivity index (χ2n) is 5.15. The van der Waals surface area contributed by atoms with Gasteiger partial charge in [-0.05, 0) is 31.4 Å². The highest BCUT2D eigenvalue weighted by atomic mass is 35.5. The third-order valence-corrected chi connectivity index (χ3v) is 3.85. The van der Waals surface area contributed by atoms with Gasteiger partial charge in [-0.2, -0.15) is 0 Å². The van der Waals surface area contributed by atoms with Crippen LogP contribution >= 0.6 is 11.6 Å². The van der Waals surface area contributed by atoms with Crippen LogP contribution in [-0.4, -0.2) is 35.4 Å². The fourth-order valence-electron chi connectivity index (χ4n) is 2.52. The van der Waals surface area contributed by atoms with Gasteiger partial charge in [0.15, 0.2) is 0 Å². The van der Waals surface area contributed by atoms with E-state index in [1.807, 2.05) is 12.3 Å². The molecule has 0 saturated carbocycles. The van der Waals surface area contributed by atoms with Crippen LogP contribution in [0.15, 0.2) is 18.5 Å². The number of aromatic nitrogens is 1. The molecule has 1 saturated heterocycles. The molecular weight excluding hydrogens is 262 g/mol. The van der Waals surface area contributed by atoms with Crippen LogP contribution in [0.4, 0.5) is 0 Å². The summed E-state index contributed by atoms with van der Waals surface area (Å²) in [6, 6.07) is 1.83. The normalized spacial score (nSPS) is 20.2. The van der Waals surface area contributed by atoms with Gasteiger partial charge in [-0.25, -0.2) is 0 Å². The molecule has 0 unspecified atom stereocenters. The van der Waals surface area contributed by atoms with E-state index in [2.05, 4.69) is 15.2 Å². The van der Waals surface area contributed by atoms with Crippen molar-refractivity contribution < 1.29 is 4.79 Å². The lowest BCUT2D eigenvalue weighted by Crippen LogP contribution is -2.40. The Hall–Kier alpha value is -1.13. The Morgan fingerprint density at radius 2 is 2.47 bits per heavy atom. The summed E-state index contributed by atoms with van der Waals surface area (Å²) in [4.78, 5) is 17.5. The van der Waals surface area contributed by atoms with Crippen molar-refractivity contribution >= 4 is 17.5 Å². The van der Waals surface area contributed by atoms with E-state index in [1.54, 1.807) is 13.1 Å². The number of halogens is 1. The molecule has 0 radical (unpaired) electrons. The number of carbonyl (C=O) groups is 1. The Bertz CT molecular complexity index is 438. The molecule has 1 aromatic rings. The largest absolute Gasteiger partial charge is 0.356 e. The third-order valence-electron chi connectivity index (χ3n) is 3.48. The zero-order valence-electron chi connectivity index (χ0n) is 11.2. The SMILES string of the molecule is CC(=O)NC[C@H]1CCCN(Cc2cnccc2Cl)C1. The summed E-state index contributed by atoms with van der Waals surface area (Å²) in [5, 5.41) is 3.68. The van der Waals surface area contributed by atoms with Crippen LogP contribution in [-0.2, 0) is 11.3 Å². The van der Waals surface area contributed by atoms with Crippen LogP contribution in [0.25, 0.3) is 0 Å². The number of pyridine rings is 1. The Kier molecular flexibility index (Phi) is 5.16. The van der Waals surface area contributed by atoms with E-state index in [4.69, 9.17) is 11.6 Å². The molecule has 4 nitrogen and oxygen atoms in total. The number of piperidine rings is 1. The number of nitrogens with one attached hydrogen (secondary N) is 1. The number of amides is 1. The summed E-state index contributed by atoms with van der Waals surface area (Å²) in [5.41, 5.74) is 1.07. The molecule has 2 heterocycles. The third kappa shape index (κ3) is 4.48. The molecule has 0 aromatic carbocycles. The van der Waals surface area contributed by atoms with E-state index < -0.39 is 0 Å². The Morgan fingerprint density at radius 1 is 1.63 bits per heavy atom. The minimum atomic E-state index is 0.0485. The molecule has 1 fully saturated rings. The molecule has 1 N–H and O–H groups in total. The first kappa shape index (κ1) is 14.3. The van der Waals surface area contributed by atoms with E-state index in [0.29, 0.717) is 5.92 Å². The molecule has 0 spiro atoms. The molecule has 1 aliphatic heterocycles. The van der Waals surface area contributed by atoms with Crippen molar-refractivity contribution in [3.8, 4) is 0 Å². The van der Waals surface area contributed by atoms with Gasteiger partial charge < -0.3 is 5.32 Å². The topological polar surface area (TPSA) is 45.2 Å². The van der Waals surface area contributed by atoms with E-state index in [1.165, 1.54) is 12.8 Å². The van der Waals surface area contributed by atoms with E-state index in [0.717, 1.165) is 36.8 Å². The highest BCUT2D eigenvalue weighted by Crippen LogP contribution is 2.21. The number of carbonyl (C=O) groups excluding carboxylic acids is 1. The van der Waals surface area contributed by atoms with Crippen molar-refractivity contribution in [2.24, 2.45) is 5.92 Å². The molecular formula is C14H20ClN3O. The predicted molar refractivity (Wildman–Crippen MR) is 75.9 cm³/mol.